The Morgan fingerprint density at radius 1 is 0.969 bits per heavy atom. The Bertz CT molecular complexity index is 972. The van der Waals surface area contributed by atoms with E-state index < -0.39 is 5.60 Å². The molecular formula is C29H38O3. The fraction of sp³-hybridized carbons (Fsp3) is 0.690. The average Bonchev–Trinajstić information content (AvgIpc) is 3.11. The van der Waals surface area contributed by atoms with Crippen LogP contribution in [0.1, 0.15) is 84.1 Å². The predicted molar refractivity (Wildman–Crippen MR) is 126 cm³/mol. The molecule has 0 bridgehead atoms. The number of carbonyl (C=O) groups excluding carboxylic acids is 1. The molecule has 1 aromatic rings. The summed E-state index contributed by atoms with van der Waals surface area (Å²) >= 11 is 0. The molecule has 0 heterocycles. The highest BCUT2D eigenvalue weighted by Gasteiger charge is 2.61. The van der Waals surface area contributed by atoms with E-state index in [9.17, 15) is 15.0 Å². The van der Waals surface area contributed by atoms with E-state index in [0.717, 1.165) is 31.6 Å². The third kappa shape index (κ3) is 3.33. The van der Waals surface area contributed by atoms with Crippen LogP contribution in [0.15, 0.2) is 24.3 Å². The topological polar surface area (TPSA) is 57.5 Å². The number of benzene rings is 1. The maximum atomic E-state index is 12.4. The van der Waals surface area contributed by atoms with Gasteiger partial charge in [-0.15, -0.1) is 0 Å². The second-order valence-electron chi connectivity index (χ2n) is 11.9. The van der Waals surface area contributed by atoms with Gasteiger partial charge in [-0.1, -0.05) is 37.8 Å². The Kier molecular flexibility index (Phi) is 5.25. The molecule has 32 heavy (non-hydrogen) atoms. The Morgan fingerprint density at radius 2 is 1.72 bits per heavy atom. The quantitative estimate of drug-likeness (QED) is 0.556. The summed E-state index contributed by atoms with van der Waals surface area (Å²) in [5.74, 6) is 9.67. The van der Waals surface area contributed by atoms with Gasteiger partial charge in [-0.3, -0.25) is 4.79 Å². The highest BCUT2D eigenvalue weighted by atomic mass is 16.3. The zero-order valence-electron chi connectivity index (χ0n) is 19.9. The Balaban J connectivity index is 1.35. The zero-order valence-corrected chi connectivity index (χ0v) is 19.9. The molecule has 0 saturated heterocycles. The third-order valence-electron chi connectivity index (χ3n) is 10.6. The van der Waals surface area contributed by atoms with Crippen LogP contribution in [0, 0.1) is 52.3 Å². The van der Waals surface area contributed by atoms with Crippen molar-refractivity contribution in [3.63, 3.8) is 0 Å². The lowest BCUT2D eigenvalue weighted by Gasteiger charge is -2.61. The van der Waals surface area contributed by atoms with Gasteiger partial charge in [-0.2, -0.15) is 0 Å². The SMILES string of the molecule is CC(=O)[C@H]1CC[C@H]2[C@@H]3CC[C@@H]4C[C@@](O)(C#Cc5ccccc5O)CC[C@]4(C)[C@H]3CC[C@]12C. The van der Waals surface area contributed by atoms with Crippen molar-refractivity contribution in [3.8, 4) is 17.6 Å². The van der Waals surface area contributed by atoms with Crippen LogP contribution in [0.2, 0.25) is 0 Å². The first-order chi connectivity index (χ1) is 15.2. The van der Waals surface area contributed by atoms with Gasteiger partial charge in [-0.05, 0) is 111 Å². The summed E-state index contributed by atoms with van der Waals surface area (Å²) in [5, 5.41) is 21.4. The number of phenols is 1. The van der Waals surface area contributed by atoms with E-state index >= 15 is 0 Å². The molecule has 0 unspecified atom stereocenters. The van der Waals surface area contributed by atoms with E-state index in [-0.39, 0.29) is 22.5 Å². The van der Waals surface area contributed by atoms with E-state index in [1.165, 1.54) is 25.7 Å². The van der Waals surface area contributed by atoms with E-state index in [0.29, 0.717) is 35.5 Å². The third-order valence-corrected chi connectivity index (χ3v) is 10.6. The Hall–Kier alpha value is -1.79. The summed E-state index contributed by atoms with van der Waals surface area (Å²) in [4.78, 5) is 12.4. The van der Waals surface area contributed by atoms with E-state index in [1.54, 1.807) is 25.1 Å². The predicted octanol–water partition coefficient (Wildman–Crippen LogP) is 5.72. The molecule has 4 aliphatic rings. The van der Waals surface area contributed by atoms with Gasteiger partial charge in [0.15, 0.2) is 0 Å². The highest BCUT2D eigenvalue weighted by molar-refractivity contribution is 5.79. The van der Waals surface area contributed by atoms with Crippen molar-refractivity contribution in [2.75, 3.05) is 0 Å². The number of para-hydroxylation sites is 1. The van der Waals surface area contributed by atoms with Crippen LogP contribution in [-0.2, 0) is 4.79 Å². The minimum absolute atomic E-state index is 0.176. The molecule has 0 spiro atoms. The van der Waals surface area contributed by atoms with Crippen molar-refractivity contribution in [1.82, 2.24) is 0 Å². The molecule has 2 N–H and O–H groups in total. The van der Waals surface area contributed by atoms with E-state index in [2.05, 4.69) is 25.7 Å². The zero-order chi connectivity index (χ0) is 22.7. The largest absolute Gasteiger partial charge is 0.507 e. The number of carbonyl (C=O) groups is 1. The van der Waals surface area contributed by atoms with Crippen LogP contribution in [0.3, 0.4) is 0 Å². The summed E-state index contributed by atoms with van der Waals surface area (Å²) in [6, 6.07) is 7.10. The minimum Gasteiger partial charge on any atom is -0.507 e. The van der Waals surface area contributed by atoms with Crippen LogP contribution in [0.5, 0.6) is 5.75 Å². The van der Waals surface area contributed by atoms with Crippen LogP contribution in [0.25, 0.3) is 0 Å². The maximum Gasteiger partial charge on any atom is 0.133 e. The highest BCUT2D eigenvalue weighted by Crippen LogP contribution is 2.68. The van der Waals surface area contributed by atoms with E-state index in [4.69, 9.17) is 0 Å². The first-order valence-corrected chi connectivity index (χ1v) is 12.7. The van der Waals surface area contributed by atoms with Gasteiger partial charge in [0, 0.05) is 5.92 Å². The number of aliphatic hydroxyl groups is 1. The maximum absolute atomic E-state index is 12.4. The average molecular weight is 435 g/mol. The summed E-state index contributed by atoms with van der Waals surface area (Å²) in [5.41, 5.74) is 0.0943. The first kappa shape index (κ1) is 22.0. The molecule has 0 radical (unpaired) electrons. The fourth-order valence-corrected chi connectivity index (χ4v) is 8.79. The second-order valence-corrected chi connectivity index (χ2v) is 11.9. The summed E-state index contributed by atoms with van der Waals surface area (Å²) < 4.78 is 0. The minimum atomic E-state index is -0.963. The number of ketones is 1. The summed E-state index contributed by atoms with van der Waals surface area (Å²) in [6.07, 6.45) is 9.59. The molecule has 4 saturated carbocycles. The molecule has 5 rings (SSSR count). The molecule has 172 valence electrons. The lowest BCUT2D eigenvalue weighted by atomic mass is 9.44. The van der Waals surface area contributed by atoms with Gasteiger partial charge in [0.25, 0.3) is 0 Å². The fourth-order valence-electron chi connectivity index (χ4n) is 8.79. The number of fused-ring (bicyclic) bond motifs is 5. The summed E-state index contributed by atoms with van der Waals surface area (Å²) in [6.45, 7) is 6.71. The molecule has 3 nitrogen and oxygen atoms in total. The molecule has 0 aliphatic heterocycles. The molecule has 8 atom stereocenters. The van der Waals surface area contributed by atoms with E-state index in [1.807, 2.05) is 6.07 Å². The van der Waals surface area contributed by atoms with Gasteiger partial charge in [-0.25, -0.2) is 0 Å². The normalized spacial score (nSPS) is 45.1. The van der Waals surface area contributed by atoms with Crippen molar-refractivity contribution < 1.29 is 15.0 Å². The number of phenolic OH excluding ortho intramolecular Hbond substituents is 1. The van der Waals surface area contributed by atoms with Gasteiger partial charge in [0.05, 0.1) is 5.56 Å². The molecule has 1 aromatic carbocycles. The molecule has 0 aromatic heterocycles. The molecule has 0 amide bonds. The van der Waals surface area contributed by atoms with Crippen molar-refractivity contribution in [3.05, 3.63) is 29.8 Å². The number of aromatic hydroxyl groups is 1. The monoisotopic (exact) mass is 434 g/mol. The number of Topliss-reactive ketones (excluding diaryl/α,β-unsaturated/α-hetero) is 1. The van der Waals surface area contributed by atoms with Crippen molar-refractivity contribution in [1.29, 1.82) is 0 Å². The molecule has 3 heteroatoms. The van der Waals surface area contributed by atoms with Gasteiger partial charge >= 0.3 is 0 Å². The second kappa shape index (κ2) is 7.63. The van der Waals surface area contributed by atoms with Crippen LogP contribution >= 0.6 is 0 Å². The number of rotatable bonds is 1. The van der Waals surface area contributed by atoms with Crippen LogP contribution in [0.4, 0.5) is 0 Å². The Labute approximate surface area is 193 Å². The van der Waals surface area contributed by atoms with Crippen molar-refractivity contribution in [2.24, 2.45) is 40.4 Å². The number of hydrogen-bond donors (Lipinski definition) is 2. The Morgan fingerprint density at radius 3 is 2.47 bits per heavy atom. The van der Waals surface area contributed by atoms with Crippen LogP contribution in [-0.4, -0.2) is 21.6 Å². The lowest BCUT2D eigenvalue weighted by molar-refractivity contribution is -0.144. The summed E-state index contributed by atoms with van der Waals surface area (Å²) in [7, 11) is 0. The van der Waals surface area contributed by atoms with Crippen LogP contribution < -0.4 is 0 Å². The standard InChI is InChI=1S/C29H38O3/c1-19(30)23-10-11-24-22-9-8-21-18-29(32,15-12-20-6-4-5-7-26(20)31)17-16-27(21,2)25(22)13-14-28(23,24)3/h4-7,21-25,31-32H,8-11,13-14,16-18H2,1-3H3/t21-,22+,23-,24+,25+,27+,28-,29-/m1/s1. The van der Waals surface area contributed by atoms with Crippen molar-refractivity contribution >= 4 is 5.78 Å². The van der Waals surface area contributed by atoms with Crippen molar-refractivity contribution in [2.45, 2.75) is 84.2 Å². The van der Waals surface area contributed by atoms with Gasteiger partial charge in [0.1, 0.15) is 17.1 Å². The number of hydrogen-bond acceptors (Lipinski definition) is 3. The molecule has 4 aliphatic carbocycles. The smallest absolute Gasteiger partial charge is 0.133 e. The molecule has 4 fully saturated rings. The van der Waals surface area contributed by atoms with Gasteiger partial charge in [0.2, 0.25) is 0 Å². The molecular weight excluding hydrogens is 396 g/mol. The first-order valence-electron chi connectivity index (χ1n) is 12.7. The van der Waals surface area contributed by atoms with Gasteiger partial charge < -0.3 is 10.2 Å². The lowest BCUT2D eigenvalue weighted by Crippen LogP contribution is -2.56.